The number of hydrogen-bond donors (Lipinski definition) is 2. The van der Waals surface area contributed by atoms with E-state index < -0.39 is 17.4 Å². The van der Waals surface area contributed by atoms with Gasteiger partial charge in [0.2, 0.25) is 11.8 Å². The number of carbonyl (C=O) groups excluding carboxylic acids is 3. The van der Waals surface area contributed by atoms with E-state index in [9.17, 15) is 24.6 Å². The van der Waals surface area contributed by atoms with Crippen molar-refractivity contribution >= 4 is 45.0 Å². The molecule has 0 spiro atoms. The van der Waals surface area contributed by atoms with Crippen molar-refractivity contribution in [1.29, 1.82) is 0 Å². The maximum absolute atomic E-state index is 13.9. The van der Waals surface area contributed by atoms with Crippen LogP contribution < -0.4 is 9.80 Å². The van der Waals surface area contributed by atoms with Gasteiger partial charge in [0.1, 0.15) is 0 Å². The van der Waals surface area contributed by atoms with Crippen molar-refractivity contribution in [2.24, 2.45) is 5.92 Å². The van der Waals surface area contributed by atoms with Crippen LogP contribution in [0.3, 0.4) is 0 Å². The lowest BCUT2D eigenvalue weighted by Crippen LogP contribution is -2.46. The summed E-state index contributed by atoms with van der Waals surface area (Å²) in [6.45, 7) is 3.08. The molecule has 1 fully saturated rings. The summed E-state index contributed by atoms with van der Waals surface area (Å²) < 4.78 is 0.745. The minimum Gasteiger partial charge on any atom is -0.394 e. The monoisotopic (exact) mass is 643 g/mol. The van der Waals surface area contributed by atoms with Gasteiger partial charge < -0.3 is 24.9 Å². The van der Waals surface area contributed by atoms with E-state index >= 15 is 0 Å². The van der Waals surface area contributed by atoms with E-state index in [2.05, 4.69) is 15.9 Å². The van der Waals surface area contributed by atoms with Crippen molar-refractivity contribution in [3.63, 3.8) is 0 Å². The maximum atomic E-state index is 13.9. The van der Waals surface area contributed by atoms with Crippen LogP contribution in [0.5, 0.6) is 0 Å². The first kappa shape index (κ1) is 29.3. The topological polar surface area (TPSA) is 101 Å². The van der Waals surface area contributed by atoms with Crippen LogP contribution in [-0.2, 0) is 39.5 Å². The fourth-order valence-electron chi connectivity index (χ4n) is 6.30. The number of nitrogens with zero attached hydrogens (tertiary/aromatic N) is 3. The van der Waals surface area contributed by atoms with Gasteiger partial charge in [-0.3, -0.25) is 14.4 Å². The molecule has 1 saturated heterocycles. The number of aliphatic hydroxyl groups excluding tert-OH is 1. The number of anilines is 2. The van der Waals surface area contributed by atoms with E-state index in [0.29, 0.717) is 37.2 Å². The predicted molar refractivity (Wildman–Crippen MR) is 167 cm³/mol. The third-order valence-corrected chi connectivity index (χ3v) is 9.43. The Balaban J connectivity index is 1.18. The Morgan fingerprint density at radius 1 is 1.09 bits per heavy atom. The summed E-state index contributed by atoms with van der Waals surface area (Å²) in [7, 11) is 0. The average molecular weight is 645 g/mol. The van der Waals surface area contributed by atoms with Gasteiger partial charge in [0.05, 0.1) is 24.9 Å². The summed E-state index contributed by atoms with van der Waals surface area (Å²) in [4.78, 5) is 44.0. The SMILES string of the molecule is C[C@H](/C=C/CC(=O)N1Cc2ccccc2C[C@H]1CO)[C@@]1(O)C(=O)N(Cc2ccc(N3CCC3=O)cc2)c2ccc(Br)cc21. The third kappa shape index (κ3) is 5.30. The summed E-state index contributed by atoms with van der Waals surface area (Å²) in [5.74, 6) is -1.07. The molecule has 0 bridgehead atoms. The first-order chi connectivity index (χ1) is 20.7. The van der Waals surface area contributed by atoms with Crippen LogP contribution in [0, 0.1) is 5.92 Å². The van der Waals surface area contributed by atoms with E-state index in [1.165, 1.54) is 0 Å². The van der Waals surface area contributed by atoms with Crippen LogP contribution in [0.25, 0.3) is 0 Å². The molecule has 3 aromatic carbocycles. The standard InChI is InChI=1S/C34H34BrN3O5/c1-22(5-4-8-31(40)37-20-25-7-3-2-6-24(25)17-28(37)21-39)34(43)29-18-26(35)11-14-30(29)38(33(34)42)19-23-9-12-27(13-10-23)36-16-15-32(36)41/h2-7,9-14,18,22,28,39,43H,8,15-17,19-21H2,1H3/b5-4+/t22-,28+,34+/m1/s1. The Hall–Kier alpha value is -3.79. The van der Waals surface area contributed by atoms with Crippen LogP contribution in [0.4, 0.5) is 11.4 Å². The first-order valence-corrected chi connectivity index (χ1v) is 15.4. The fraction of sp³-hybridized carbons (Fsp3) is 0.324. The molecule has 2 N–H and O–H groups in total. The summed E-state index contributed by atoms with van der Waals surface area (Å²) in [5, 5.41) is 22.0. The third-order valence-electron chi connectivity index (χ3n) is 8.93. The van der Waals surface area contributed by atoms with Crippen LogP contribution in [-0.4, -0.2) is 52.0 Å². The number of hydrogen-bond acceptors (Lipinski definition) is 5. The molecule has 3 aliphatic rings. The second-order valence-electron chi connectivity index (χ2n) is 11.5. The lowest BCUT2D eigenvalue weighted by Gasteiger charge is -2.36. The molecule has 3 aliphatic heterocycles. The number of amides is 3. The number of aliphatic hydroxyl groups is 2. The van der Waals surface area contributed by atoms with Crippen molar-refractivity contribution in [1.82, 2.24) is 4.90 Å². The van der Waals surface area contributed by atoms with Gasteiger partial charge in [-0.1, -0.05) is 71.4 Å². The van der Waals surface area contributed by atoms with Crippen molar-refractivity contribution < 1.29 is 24.6 Å². The van der Waals surface area contributed by atoms with E-state index in [-0.39, 0.29) is 37.4 Å². The van der Waals surface area contributed by atoms with Crippen molar-refractivity contribution in [2.75, 3.05) is 23.0 Å². The number of halogens is 1. The van der Waals surface area contributed by atoms with Crippen molar-refractivity contribution in [2.45, 2.75) is 50.9 Å². The molecule has 0 saturated carbocycles. The van der Waals surface area contributed by atoms with E-state index in [1.807, 2.05) is 60.7 Å². The van der Waals surface area contributed by atoms with Gasteiger partial charge >= 0.3 is 0 Å². The summed E-state index contributed by atoms with van der Waals surface area (Å²) in [6.07, 6.45) is 4.70. The molecule has 3 amide bonds. The van der Waals surface area contributed by atoms with Crippen molar-refractivity contribution in [3.8, 4) is 0 Å². The first-order valence-electron chi connectivity index (χ1n) is 14.6. The Morgan fingerprint density at radius 2 is 1.84 bits per heavy atom. The van der Waals surface area contributed by atoms with Gasteiger partial charge in [0.15, 0.2) is 5.60 Å². The molecular weight excluding hydrogens is 610 g/mol. The van der Waals surface area contributed by atoms with Gasteiger partial charge in [-0.2, -0.15) is 0 Å². The summed E-state index contributed by atoms with van der Waals surface area (Å²) in [6, 6.07) is 20.7. The predicted octanol–water partition coefficient (Wildman–Crippen LogP) is 4.45. The van der Waals surface area contributed by atoms with Gasteiger partial charge in [0.25, 0.3) is 5.91 Å². The minimum atomic E-state index is -1.82. The minimum absolute atomic E-state index is 0.0915. The maximum Gasteiger partial charge on any atom is 0.264 e. The normalized spacial score (nSPS) is 22.0. The van der Waals surface area contributed by atoms with Crippen molar-refractivity contribution in [3.05, 3.63) is 106 Å². The van der Waals surface area contributed by atoms with E-state index in [4.69, 9.17) is 0 Å². The number of β-lactam (4-membered cyclic amide) rings is 1. The number of benzene rings is 3. The molecule has 8 nitrogen and oxygen atoms in total. The molecule has 0 aromatic heterocycles. The van der Waals surface area contributed by atoms with Gasteiger partial charge in [0, 0.05) is 47.6 Å². The zero-order valence-electron chi connectivity index (χ0n) is 23.9. The van der Waals surface area contributed by atoms with E-state index in [1.54, 1.807) is 39.8 Å². The van der Waals surface area contributed by atoms with Gasteiger partial charge in [-0.15, -0.1) is 0 Å². The van der Waals surface area contributed by atoms with Crippen LogP contribution >= 0.6 is 15.9 Å². The largest absolute Gasteiger partial charge is 0.394 e. The molecule has 43 heavy (non-hydrogen) atoms. The Labute approximate surface area is 259 Å². The number of carbonyl (C=O) groups is 3. The smallest absolute Gasteiger partial charge is 0.264 e. The fourth-order valence-corrected chi connectivity index (χ4v) is 6.66. The molecule has 0 aliphatic carbocycles. The Kier molecular flexibility index (Phi) is 7.98. The van der Waals surface area contributed by atoms with Gasteiger partial charge in [-0.05, 0) is 53.4 Å². The molecule has 9 heteroatoms. The molecule has 3 heterocycles. The van der Waals surface area contributed by atoms with E-state index in [0.717, 1.165) is 26.9 Å². The van der Waals surface area contributed by atoms with Crippen LogP contribution in [0.2, 0.25) is 0 Å². The zero-order chi connectivity index (χ0) is 30.3. The summed E-state index contributed by atoms with van der Waals surface area (Å²) in [5.41, 5.74) is 3.25. The number of rotatable bonds is 8. The molecule has 3 atom stereocenters. The lowest BCUT2D eigenvalue weighted by atomic mass is 9.83. The second kappa shape index (κ2) is 11.7. The molecule has 0 radical (unpaired) electrons. The Morgan fingerprint density at radius 3 is 2.51 bits per heavy atom. The second-order valence-corrected chi connectivity index (χ2v) is 12.4. The highest BCUT2D eigenvalue weighted by Gasteiger charge is 2.52. The van der Waals surface area contributed by atoms with Crippen LogP contribution in [0.1, 0.15) is 42.0 Å². The van der Waals surface area contributed by atoms with Crippen LogP contribution in [0.15, 0.2) is 83.4 Å². The molecule has 222 valence electrons. The highest BCUT2D eigenvalue weighted by Crippen LogP contribution is 2.47. The Bertz CT molecular complexity index is 1610. The zero-order valence-corrected chi connectivity index (χ0v) is 25.5. The molecule has 6 rings (SSSR count). The quantitative estimate of drug-likeness (QED) is 0.279. The highest BCUT2D eigenvalue weighted by molar-refractivity contribution is 9.10. The lowest BCUT2D eigenvalue weighted by molar-refractivity contribution is -0.139. The molecule has 3 aromatic rings. The highest BCUT2D eigenvalue weighted by atomic mass is 79.9. The molecule has 0 unspecified atom stereocenters. The number of fused-ring (bicyclic) bond motifs is 2. The molecular formula is C34H34BrN3O5. The van der Waals surface area contributed by atoms with Gasteiger partial charge in [-0.25, -0.2) is 0 Å². The summed E-state index contributed by atoms with van der Waals surface area (Å²) >= 11 is 3.49. The average Bonchev–Trinajstić information content (AvgIpc) is 3.22.